The van der Waals surface area contributed by atoms with Crippen LogP contribution >= 0.6 is 0 Å². The zero-order chi connectivity index (χ0) is 11.8. The lowest BCUT2D eigenvalue weighted by molar-refractivity contribution is 0.522. The zero-order valence-electron chi connectivity index (χ0n) is 9.80. The maximum atomic E-state index is 6.14. The highest BCUT2D eigenvalue weighted by molar-refractivity contribution is 6.04. The van der Waals surface area contributed by atoms with Crippen LogP contribution in [0.4, 0.5) is 0 Å². The Hall–Kier alpha value is -1.87. The maximum Gasteiger partial charge on any atom is 0.0812 e. The number of hydrogen-bond acceptors (Lipinski definition) is 2. The van der Waals surface area contributed by atoms with E-state index in [4.69, 9.17) is 5.73 Å². The number of hydrogen-bond donors (Lipinski definition) is 1. The summed E-state index contributed by atoms with van der Waals surface area (Å²) in [4.78, 5) is 4.38. The van der Waals surface area contributed by atoms with Crippen molar-refractivity contribution in [1.82, 2.24) is 9.55 Å². The number of fused-ring (bicyclic) bond motifs is 3. The van der Waals surface area contributed by atoms with Crippen molar-refractivity contribution in [3.63, 3.8) is 0 Å². The Morgan fingerprint density at radius 3 is 3.00 bits per heavy atom. The predicted molar refractivity (Wildman–Crippen MR) is 70.8 cm³/mol. The molecule has 3 heteroatoms. The minimum absolute atomic E-state index is 0.0262. The second kappa shape index (κ2) is 3.86. The van der Waals surface area contributed by atoms with E-state index >= 15 is 0 Å². The van der Waals surface area contributed by atoms with Gasteiger partial charge in [-0.3, -0.25) is 4.98 Å². The summed E-state index contributed by atoms with van der Waals surface area (Å²) in [5.74, 6) is 0. The molecule has 1 atom stereocenters. The Bertz CT molecular complexity index is 669. The number of benzene rings is 1. The second-order valence-electron chi connectivity index (χ2n) is 4.27. The summed E-state index contributed by atoms with van der Waals surface area (Å²) in [6.45, 7) is 2.10. The van der Waals surface area contributed by atoms with E-state index in [2.05, 4.69) is 46.9 Å². The molecule has 0 aliphatic heterocycles. The Morgan fingerprint density at radius 2 is 2.18 bits per heavy atom. The topological polar surface area (TPSA) is 43.8 Å². The minimum Gasteiger partial charge on any atom is -0.331 e. The molecule has 3 nitrogen and oxygen atoms in total. The highest BCUT2D eigenvalue weighted by Crippen LogP contribution is 2.27. The van der Waals surface area contributed by atoms with Crippen LogP contribution in [0.1, 0.15) is 19.5 Å². The highest BCUT2D eigenvalue weighted by Gasteiger charge is 2.09. The molecule has 2 aromatic heterocycles. The molecule has 0 fully saturated rings. The van der Waals surface area contributed by atoms with Crippen molar-refractivity contribution < 1.29 is 0 Å². The summed E-state index contributed by atoms with van der Waals surface area (Å²) in [5, 5.41) is 2.38. The summed E-state index contributed by atoms with van der Waals surface area (Å²) < 4.78 is 2.14. The number of aromatic nitrogens is 2. The summed E-state index contributed by atoms with van der Waals surface area (Å²) in [6.07, 6.45) is 4.82. The van der Waals surface area contributed by atoms with Crippen molar-refractivity contribution in [3.05, 3.63) is 42.7 Å². The van der Waals surface area contributed by atoms with Gasteiger partial charge in [-0.1, -0.05) is 13.0 Å². The number of pyridine rings is 1. The first-order valence-corrected chi connectivity index (χ1v) is 5.91. The SMILES string of the molecule is CCC(N)n1ccc2ccc3ncccc3c21. The van der Waals surface area contributed by atoms with E-state index in [0.29, 0.717) is 0 Å². The van der Waals surface area contributed by atoms with Gasteiger partial charge in [0.05, 0.1) is 17.2 Å². The van der Waals surface area contributed by atoms with E-state index in [-0.39, 0.29) is 6.17 Å². The predicted octanol–water partition coefficient (Wildman–Crippen LogP) is 3.06. The fourth-order valence-electron chi connectivity index (χ4n) is 2.28. The Labute approximate surface area is 99.9 Å². The Morgan fingerprint density at radius 1 is 1.29 bits per heavy atom. The third-order valence-corrected chi connectivity index (χ3v) is 3.24. The van der Waals surface area contributed by atoms with E-state index in [0.717, 1.165) is 11.9 Å². The molecule has 3 rings (SSSR count). The molecule has 17 heavy (non-hydrogen) atoms. The van der Waals surface area contributed by atoms with Gasteiger partial charge in [-0.2, -0.15) is 0 Å². The minimum atomic E-state index is 0.0262. The van der Waals surface area contributed by atoms with Crippen LogP contribution in [0.3, 0.4) is 0 Å². The van der Waals surface area contributed by atoms with Crippen LogP contribution in [0.15, 0.2) is 42.7 Å². The molecule has 0 spiro atoms. The first kappa shape index (κ1) is 10.3. The molecule has 1 aromatic carbocycles. The molecule has 0 aliphatic carbocycles. The average molecular weight is 225 g/mol. The van der Waals surface area contributed by atoms with Gasteiger partial charge in [0.2, 0.25) is 0 Å². The van der Waals surface area contributed by atoms with Gasteiger partial charge < -0.3 is 10.3 Å². The second-order valence-corrected chi connectivity index (χ2v) is 4.27. The first-order chi connectivity index (χ1) is 8.31. The molecule has 0 saturated carbocycles. The number of rotatable bonds is 2. The van der Waals surface area contributed by atoms with E-state index in [9.17, 15) is 0 Å². The Balaban J connectivity index is 2.42. The van der Waals surface area contributed by atoms with Crippen molar-refractivity contribution in [3.8, 4) is 0 Å². The Kier molecular flexibility index (Phi) is 2.34. The van der Waals surface area contributed by atoms with Crippen molar-refractivity contribution in [2.24, 2.45) is 5.73 Å². The first-order valence-electron chi connectivity index (χ1n) is 5.91. The van der Waals surface area contributed by atoms with Gasteiger partial charge in [-0.15, -0.1) is 0 Å². The molecule has 86 valence electrons. The smallest absolute Gasteiger partial charge is 0.0812 e. The van der Waals surface area contributed by atoms with E-state index in [1.165, 1.54) is 16.3 Å². The van der Waals surface area contributed by atoms with E-state index in [1.807, 2.05) is 12.3 Å². The van der Waals surface area contributed by atoms with Crippen LogP contribution in [0.2, 0.25) is 0 Å². The molecule has 3 aromatic rings. The van der Waals surface area contributed by atoms with E-state index < -0.39 is 0 Å². The third-order valence-electron chi connectivity index (χ3n) is 3.24. The summed E-state index contributed by atoms with van der Waals surface area (Å²) in [6, 6.07) is 10.3. The zero-order valence-corrected chi connectivity index (χ0v) is 9.80. The molecule has 0 amide bonds. The molecule has 0 bridgehead atoms. The molecule has 1 unspecified atom stereocenters. The monoisotopic (exact) mass is 225 g/mol. The van der Waals surface area contributed by atoms with Crippen LogP contribution in [-0.2, 0) is 0 Å². The highest BCUT2D eigenvalue weighted by atomic mass is 15.1. The molecule has 0 saturated heterocycles. The maximum absolute atomic E-state index is 6.14. The largest absolute Gasteiger partial charge is 0.331 e. The molecule has 0 aliphatic rings. The summed E-state index contributed by atoms with van der Waals surface area (Å²) in [5.41, 5.74) is 8.34. The average Bonchev–Trinajstić information content (AvgIpc) is 2.82. The van der Waals surface area contributed by atoms with Crippen LogP contribution in [0, 0.1) is 0 Å². The molecule has 2 heterocycles. The molecule has 2 N–H and O–H groups in total. The fraction of sp³-hybridized carbons (Fsp3) is 0.214. The summed E-state index contributed by atoms with van der Waals surface area (Å²) in [7, 11) is 0. The lowest BCUT2D eigenvalue weighted by Gasteiger charge is -2.13. The van der Waals surface area contributed by atoms with Crippen LogP contribution in [-0.4, -0.2) is 9.55 Å². The van der Waals surface area contributed by atoms with Crippen LogP contribution < -0.4 is 5.73 Å². The molecular formula is C14H15N3. The normalized spacial score (nSPS) is 13.3. The van der Waals surface area contributed by atoms with Gasteiger partial charge >= 0.3 is 0 Å². The molecular weight excluding hydrogens is 210 g/mol. The van der Waals surface area contributed by atoms with Crippen molar-refractivity contribution in [2.45, 2.75) is 19.5 Å². The van der Waals surface area contributed by atoms with E-state index in [1.54, 1.807) is 0 Å². The third kappa shape index (κ3) is 1.51. The van der Waals surface area contributed by atoms with Gasteiger partial charge in [-0.25, -0.2) is 0 Å². The fourth-order valence-corrected chi connectivity index (χ4v) is 2.28. The standard InChI is InChI=1S/C14H15N3/c1-2-13(15)17-9-7-10-5-6-12-11(14(10)17)4-3-8-16-12/h3-9,13H,2,15H2,1H3. The van der Waals surface area contributed by atoms with Gasteiger partial charge in [0.15, 0.2) is 0 Å². The number of nitrogens with zero attached hydrogens (tertiary/aromatic N) is 2. The quantitative estimate of drug-likeness (QED) is 0.728. The van der Waals surface area contributed by atoms with Gasteiger partial charge in [-0.05, 0) is 30.7 Å². The summed E-state index contributed by atoms with van der Waals surface area (Å²) >= 11 is 0. The van der Waals surface area contributed by atoms with Crippen LogP contribution in [0.25, 0.3) is 21.8 Å². The van der Waals surface area contributed by atoms with Crippen LogP contribution in [0.5, 0.6) is 0 Å². The number of nitrogens with two attached hydrogens (primary N) is 1. The lowest BCUT2D eigenvalue weighted by Crippen LogP contribution is -2.16. The van der Waals surface area contributed by atoms with Crippen molar-refractivity contribution >= 4 is 21.8 Å². The van der Waals surface area contributed by atoms with Gasteiger partial charge in [0.25, 0.3) is 0 Å². The van der Waals surface area contributed by atoms with Crippen molar-refractivity contribution in [2.75, 3.05) is 0 Å². The lowest BCUT2D eigenvalue weighted by atomic mass is 10.1. The molecule has 0 radical (unpaired) electrons. The van der Waals surface area contributed by atoms with Gasteiger partial charge in [0.1, 0.15) is 0 Å². The van der Waals surface area contributed by atoms with Crippen molar-refractivity contribution in [1.29, 1.82) is 0 Å². The van der Waals surface area contributed by atoms with Gasteiger partial charge in [0, 0.05) is 23.2 Å².